The second kappa shape index (κ2) is 7.58. The first-order chi connectivity index (χ1) is 10.8. The number of carbonyl (C=O) groups excluding carboxylic acids is 1. The first-order valence-electron chi connectivity index (χ1n) is 8.03. The van der Waals surface area contributed by atoms with E-state index in [-0.39, 0.29) is 30.5 Å². The molecular formula is C16H28N2O4S2. The first-order valence-corrected chi connectivity index (χ1v) is 10.5. The molecule has 1 rings (SSSR count). The highest BCUT2D eigenvalue weighted by Crippen LogP contribution is 2.28. The van der Waals surface area contributed by atoms with Gasteiger partial charge in [-0.1, -0.05) is 27.7 Å². The molecule has 0 unspecified atom stereocenters. The van der Waals surface area contributed by atoms with Crippen LogP contribution in [0, 0.1) is 5.92 Å². The Kier molecular flexibility index (Phi) is 6.69. The van der Waals surface area contributed by atoms with E-state index in [1.165, 1.54) is 25.2 Å². The third kappa shape index (κ3) is 4.83. The molecule has 0 aromatic carbocycles. The summed E-state index contributed by atoms with van der Waals surface area (Å²) in [5.74, 6) is -0.115. The zero-order chi connectivity index (χ0) is 18.8. The molecule has 1 aromatic heterocycles. The predicted octanol–water partition coefficient (Wildman–Crippen LogP) is 2.16. The lowest BCUT2D eigenvalue weighted by Gasteiger charge is -2.23. The van der Waals surface area contributed by atoms with Crippen molar-refractivity contribution in [3.05, 3.63) is 10.0 Å². The summed E-state index contributed by atoms with van der Waals surface area (Å²) in [6.07, 6.45) is 0.472. The van der Waals surface area contributed by atoms with Crippen molar-refractivity contribution in [2.24, 2.45) is 5.92 Å². The summed E-state index contributed by atoms with van der Waals surface area (Å²) in [5.41, 5.74) is -0.530. The molecule has 1 N–H and O–H groups in total. The van der Waals surface area contributed by atoms with Crippen LogP contribution in [0.2, 0.25) is 0 Å². The van der Waals surface area contributed by atoms with E-state index < -0.39 is 20.0 Å². The molecular weight excluding hydrogens is 348 g/mol. The molecule has 6 nitrogen and oxygen atoms in total. The lowest BCUT2D eigenvalue weighted by Crippen LogP contribution is -2.43. The van der Waals surface area contributed by atoms with Crippen LogP contribution in [0.1, 0.15) is 58.0 Å². The third-order valence-electron chi connectivity index (χ3n) is 4.17. The molecule has 0 atom stereocenters. The van der Waals surface area contributed by atoms with Crippen molar-refractivity contribution in [1.82, 2.24) is 10.2 Å². The van der Waals surface area contributed by atoms with Crippen LogP contribution >= 0.6 is 11.3 Å². The highest BCUT2D eigenvalue weighted by Gasteiger charge is 2.41. The Morgan fingerprint density at radius 3 is 2.29 bits per heavy atom. The number of ketones is 1. The van der Waals surface area contributed by atoms with Gasteiger partial charge in [0.25, 0.3) is 0 Å². The van der Waals surface area contributed by atoms with E-state index in [1.807, 2.05) is 27.7 Å². The fourth-order valence-electron chi connectivity index (χ4n) is 1.84. The van der Waals surface area contributed by atoms with Gasteiger partial charge in [0.15, 0.2) is 15.6 Å². The number of sulfone groups is 1. The lowest BCUT2D eigenvalue weighted by molar-refractivity contribution is -0.120. The molecule has 1 aromatic rings. The van der Waals surface area contributed by atoms with Crippen LogP contribution in [0.4, 0.5) is 0 Å². The Labute approximate surface area is 148 Å². The second-order valence-corrected chi connectivity index (χ2v) is 11.4. The van der Waals surface area contributed by atoms with Crippen LogP contribution in [-0.2, 0) is 26.5 Å². The van der Waals surface area contributed by atoms with Crippen molar-refractivity contribution in [1.29, 1.82) is 0 Å². The maximum absolute atomic E-state index is 12.6. The van der Waals surface area contributed by atoms with Gasteiger partial charge in [-0.15, -0.1) is 21.5 Å². The van der Waals surface area contributed by atoms with E-state index >= 15 is 0 Å². The third-order valence-corrected chi connectivity index (χ3v) is 8.01. The van der Waals surface area contributed by atoms with Crippen LogP contribution in [0.5, 0.6) is 0 Å². The molecule has 0 amide bonds. The topological polar surface area (TPSA) is 97.2 Å². The van der Waals surface area contributed by atoms with Gasteiger partial charge in [0, 0.05) is 5.41 Å². The van der Waals surface area contributed by atoms with Gasteiger partial charge in [-0.05, 0) is 26.2 Å². The van der Waals surface area contributed by atoms with E-state index in [0.717, 1.165) is 0 Å². The minimum absolute atomic E-state index is 0.00230. The maximum atomic E-state index is 12.6. The minimum atomic E-state index is -3.53. The van der Waals surface area contributed by atoms with Crippen molar-refractivity contribution < 1.29 is 18.3 Å². The number of hydrogen-bond donors (Lipinski definition) is 1. The van der Waals surface area contributed by atoms with Crippen molar-refractivity contribution in [2.75, 3.05) is 12.4 Å². The summed E-state index contributed by atoms with van der Waals surface area (Å²) in [6.45, 7) is 10.4. The molecule has 0 aliphatic heterocycles. The molecule has 0 fully saturated rings. The lowest BCUT2D eigenvalue weighted by atomic mass is 9.96. The van der Waals surface area contributed by atoms with Crippen LogP contribution < -0.4 is 0 Å². The zero-order valence-electron chi connectivity index (χ0n) is 15.3. The largest absolute Gasteiger partial charge is 0.395 e. The summed E-state index contributed by atoms with van der Waals surface area (Å²) in [6, 6.07) is 0. The van der Waals surface area contributed by atoms with Gasteiger partial charge in [0.2, 0.25) is 0 Å². The molecule has 0 spiro atoms. The molecule has 1 heterocycles. The molecule has 0 aliphatic rings. The number of rotatable bonds is 9. The Bertz CT molecular complexity index is 676. The normalized spacial score (nSPS) is 13.5. The van der Waals surface area contributed by atoms with E-state index in [4.69, 9.17) is 0 Å². The van der Waals surface area contributed by atoms with Gasteiger partial charge in [-0.25, -0.2) is 8.42 Å². The SMILES string of the molecule is CC(C)CCS(=O)(=O)C(C)(C)C(=O)Cc1nnc(C(C)(C)CO)s1. The summed E-state index contributed by atoms with van der Waals surface area (Å²) < 4.78 is 23.6. The molecule has 0 bridgehead atoms. The van der Waals surface area contributed by atoms with Gasteiger partial charge in [-0.2, -0.15) is 0 Å². The number of aromatic nitrogens is 2. The summed E-state index contributed by atoms with van der Waals surface area (Å²) in [4.78, 5) is 12.6. The van der Waals surface area contributed by atoms with Gasteiger partial charge < -0.3 is 5.11 Å². The Morgan fingerprint density at radius 1 is 1.21 bits per heavy atom. The van der Waals surface area contributed by atoms with Crippen molar-refractivity contribution in [3.8, 4) is 0 Å². The minimum Gasteiger partial charge on any atom is -0.395 e. The van der Waals surface area contributed by atoms with Gasteiger partial charge in [0.1, 0.15) is 14.8 Å². The Balaban J connectivity index is 2.90. The number of aliphatic hydroxyl groups excluding tert-OH is 1. The average Bonchev–Trinajstić information content (AvgIpc) is 2.94. The van der Waals surface area contributed by atoms with Crippen molar-refractivity contribution in [3.63, 3.8) is 0 Å². The van der Waals surface area contributed by atoms with Crippen molar-refractivity contribution >= 4 is 27.0 Å². The highest BCUT2D eigenvalue weighted by molar-refractivity contribution is 7.93. The van der Waals surface area contributed by atoms with Crippen LogP contribution in [0.25, 0.3) is 0 Å². The van der Waals surface area contributed by atoms with Gasteiger partial charge >= 0.3 is 0 Å². The highest BCUT2D eigenvalue weighted by atomic mass is 32.2. The van der Waals surface area contributed by atoms with E-state index in [9.17, 15) is 18.3 Å². The van der Waals surface area contributed by atoms with Gasteiger partial charge in [0.05, 0.1) is 18.8 Å². The Morgan fingerprint density at radius 2 is 1.79 bits per heavy atom. The Hall–Kier alpha value is -0.860. The average molecular weight is 377 g/mol. The van der Waals surface area contributed by atoms with E-state index in [2.05, 4.69) is 10.2 Å². The van der Waals surface area contributed by atoms with Crippen LogP contribution in [0.3, 0.4) is 0 Å². The fraction of sp³-hybridized carbons (Fsp3) is 0.812. The maximum Gasteiger partial charge on any atom is 0.162 e. The summed E-state index contributed by atoms with van der Waals surface area (Å²) >= 11 is 1.24. The molecule has 0 saturated heterocycles. The van der Waals surface area contributed by atoms with Gasteiger partial charge in [-0.3, -0.25) is 4.79 Å². The predicted molar refractivity (Wildman–Crippen MR) is 96.1 cm³/mol. The molecule has 0 radical (unpaired) electrons. The number of carbonyl (C=O) groups is 1. The number of aliphatic hydroxyl groups is 1. The van der Waals surface area contributed by atoms with E-state index in [1.54, 1.807) is 0 Å². The molecule has 24 heavy (non-hydrogen) atoms. The zero-order valence-corrected chi connectivity index (χ0v) is 16.9. The fourth-order valence-corrected chi connectivity index (χ4v) is 4.48. The molecule has 0 saturated carbocycles. The summed E-state index contributed by atoms with van der Waals surface area (Å²) in [7, 11) is -3.53. The smallest absolute Gasteiger partial charge is 0.162 e. The second-order valence-electron chi connectivity index (χ2n) is 7.65. The van der Waals surface area contributed by atoms with Crippen LogP contribution in [-0.4, -0.2) is 46.6 Å². The first kappa shape index (κ1) is 21.2. The van der Waals surface area contributed by atoms with E-state index in [0.29, 0.717) is 16.4 Å². The molecule has 0 aliphatic carbocycles. The molecule has 138 valence electrons. The monoisotopic (exact) mass is 376 g/mol. The number of hydrogen-bond acceptors (Lipinski definition) is 7. The number of nitrogens with zero attached hydrogens (tertiary/aromatic N) is 2. The summed E-state index contributed by atoms with van der Waals surface area (Å²) in [5, 5.41) is 18.5. The standard InChI is InChI=1S/C16H28N2O4S2/c1-11(2)7-8-24(21,22)16(5,6)12(20)9-13-17-18-14(23-13)15(3,4)10-19/h11,19H,7-10H2,1-6H3. The van der Waals surface area contributed by atoms with Crippen molar-refractivity contribution in [2.45, 2.75) is 64.5 Å². The van der Waals surface area contributed by atoms with Crippen LogP contribution in [0.15, 0.2) is 0 Å². The quantitative estimate of drug-likeness (QED) is 0.709. The molecule has 8 heteroatoms. The number of Topliss-reactive ketones (excluding diaryl/α,β-unsaturated/α-hetero) is 1.